The van der Waals surface area contributed by atoms with Crippen molar-refractivity contribution in [2.24, 2.45) is 23.7 Å². The maximum absolute atomic E-state index is 15.3. The van der Waals surface area contributed by atoms with Gasteiger partial charge < -0.3 is 10.2 Å². The number of phenols is 1. The van der Waals surface area contributed by atoms with Crippen LogP contribution < -0.4 is 5.43 Å². The van der Waals surface area contributed by atoms with Crippen molar-refractivity contribution in [3.8, 4) is 5.75 Å². The van der Waals surface area contributed by atoms with Gasteiger partial charge in [0.25, 0.3) is 11.8 Å². The monoisotopic (exact) mass is 812 g/mol. The lowest BCUT2D eigenvalue weighted by Crippen LogP contribution is -2.53. The molecule has 7 rings (SSSR count). The number of phenolic OH excluding ortho intramolecular Hbond substituents is 1. The van der Waals surface area contributed by atoms with Crippen LogP contribution in [0.15, 0.2) is 60.3 Å². The van der Waals surface area contributed by atoms with Crippen molar-refractivity contribution in [2.45, 2.75) is 69.9 Å². The number of carboxylic acids is 1. The molecule has 16 heteroatoms. The quantitative estimate of drug-likeness (QED) is 0.108. The zero-order valence-electron chi connectivity index (χ0n) is 30.2. The van der Waals surface area contributed by atoms with Crippen molar-refractivity contribution in [2.75, 3.05) is 12.0 Å². The van der Waals surface area contributed by atoms with E-state index in [4.69, 9.17) is 28.3 Å². The summed E-state index contributed by atoms with van der Waals surface area (Å²) in [5, 5.41) is 20.4. The molecule has 2 aliphatic heterocycles. The summed E-state index contributed by atoms with van der Waals surface area (Å²) in [6.45, 7) is 3.51. The second-order valence-corrected chi connectivity index (χ2v) is 15.8. The molecule has 3 N–H and O–H groups in total. The molecule has 1 aromatic heterocycles. The predicted octanol–water partition coefficient (Wildman–Crippen LogP) is 7.36. The molecule has 0 spiro atoms. The molecule has 2 aliphatic carbocycles. The molecule has 2 aromatic carbocycles. The summed E-state index contributed by atoms with van der Waals surface area (Å²) in [4.78, 5) is 74.3. The van der Waals surface area contributed by atoms with Crippen LogP contribution in [0.4, 0.5) is 19.0 Å². The molecule has 6 atom stereocenters. The van der Waals surface area contributed by atoms with Gasteiger partial charge in [-0.05, 0) is 85.9 Å². The molecule has 4 amide bonds. The van der Waals surface area contributed by atoms with Crippen LogP contribution in [0.3, 0.4) is 0 Å². The van der Waals surface area contributed by atoms with Crippen molar-refractivity contribution >= 4 is 58.6 Å². The lowest BCUT2D eigenvalue weighted by Gasteiger charge is -2.50. The van der Waals surface area contributed by atoms with Gasteiger partial charge in [-0.2, -0.15) is 18.2 Å². The first-order valence-electron chi connectivity index (χ1n) is 18.2. The molecule has 3 heterocycles. The van der Waals surface area contributed by atoms with Crippen LogP contribution in [0.1, 0.15) is 72.3 Å². The Morgan fingerprint density at radius 1 is 0.964 bits per heavy atom. The number of unbranched alkanes of at least 4 members (excludes halogenated alkanes) is 2. The van der Waals surface area contributed by atoms with Crippen LogP contribution in [0, 0.1) is 37.5 Å². The second-order valence-electron chi connectivity index (χ2n) is 15.0. The van der Waals surface area contributed by atoms with Gasteiger partial charge in [0.15, 0.2) is 5.82 Å². The Labute approximate surface area is 329 Å². The largest absolute Gasteiger partial charge is 0.507 e. The molecule has 4 aliphatic rings. The van der Waals surface area contributed by atoms with E-state index in [0.29, 0.717) is 64.4 Å². The maximum Gasteiger partial charge on any atom is 0.417 e. The summed E-state index contributed by atoms with van der Waals surface area (Å²) in [5.74, 6) is -7.89. The SMILES string of the molecule is Cc1cc(C2C3=CCC4C(=O)N(CCCCCC(=O)O)C(=O)C4C3CC3C(=O)N(Nc4ncc(C(F)(F)F)cc4Cl)C(=O)C32c2ccc(Cl)cc2)cc(C)c1O. The molecule has 1 saturated carbocycles. The number of aliphatic carboxylic acids is 1. The van der Waals surface area contributed by atoms with Gasteiger partial charge >= 0.3 is 12.1 Å². The number of aromatic hydroxyl groups is 1. The molecule has 56 heavy (non-hydrogen) atoms. The van der Waals surface area contributed by atoms with E-state index in [0.717, 1.165) is 5.01 Å². The predicted molar refractivity (Wildman–Crippen MR) is 197 cm³/mol. The number of hydrogen-bond acceptors (Lipinski definition) is 8. The molecular weight excluding hydrogens is 776 g/mol. The number of carbonyl (C=O) groups is 5. The Hall–Kier alpha value is -4.95. The average Bonchev–Trinajstić information content (AvgIpc) is 3.51. The molecule has 0 radical (unpaired) electrons. The molecule has 2 saturated heterocycles. The number of amides is 4. The highest BCUT2D eigenvalue weighted by Gasteiger charge is 2.70. The van der Waals surface area contributed by atoms with Crippen LogP contribution in [0.5, 0.6) is 5.75 Å². The van der Waals surface area contributed by atoms with E-state index in [-0.39, 0.29) is 43.3 Å². The summed E-state index contributed by atoms with van der Waals surface area (Å²) >= 11 is 12.6. The zero-order valence-corrected chi connectivity index (χ0v) is 31.7. The highest BCUT2D eigenvalue weighted by Crippen LogP contribution is 2.64. The standard InChI is InChI=1S/C40H37Cl2F3N4O7/c1-19-14-21(15-20(2)33(19)52)32-25-11-12-26-31(37(55)48(35(26)53)13-5-3-4-6-30(50)51)27(25)17-28-36(54)49(38(56)39(28,32)22-7-9-24(41)10-8-22)47-34-29(42)16-23(18-46-34)40(43,44)45/h7-11,14-16,18,26-28,31-32,52H,3-6,12-13,17H2,1-2H3,(H,46,47)(H,50,51). The number of imide groups is 2. The number of halogens is 5. The smallest absolute Gasteiger partial charge is 0.417 e. The number of allylic oxidation sites excluding steroid dienone is 2. The molecule has 6 unspecified atom stereocenters. The van der Waals surface area contributed by atoms with Crippen molar-refractivity contribution in [1.82, 2.24) is 14.9 Å². The van der Waals surface area contributed by atoms with Gasteiger partial charge in [0.05, 0.1) is 33.8 Å². The van der Waals surface area contributed by atoms with Gasteiger partial charge in [-0.3, -0.25) is 34.3 Å². The van der Waals surface area contributed by atoms with E-state index in [2.05, 4.69) is 10.4 Å². The summed E-state index contributed by atoms with van der Waals surface area (Å²) in [7, 11) is 0. The highest BCUT2D eigenvalue weighted by atomic mass is 35.5. The molecule has 294 valence electrons. The number of aryl methyl sites for hydroxylation is 2. The van der Waals surface area contributed by atoms with Gasteiger partial charge in [0.1, 0.15) is 5.75 Å². The van der Waals surface area contributed by atoms with E-state index < -0.39 is 75.5 Å². The third-order valence-electron chi connectivity index (χ3n) is 11.8. The molecule has 3 fully saturated rings. The molecule has 0 bridgehead atoms. The Bertz CT molecular complexity index is 2170. The molecule has 11 nitrogen and oxygen atoms in total. The highest BCUT2D eigenvalue weighted by molar-refractivity contribution is 6.33. The number of fused-ring (bicyclic) bond motifs is 4. The minimum Gasteiger partial charge on any atom is -0.507 e. The number of anilines is 1. The minimum absolute atomic E-state index is 0.0311. The fraction of sp³-hybridized carbons (Fsp3) is 0.400. The van der Waals surface area contributed by atoms with Gasteiger partial charge in [-0.25, -0.2) is 4.98 Å². The third kappa shape index (κ3) is 6.40. The van der Waals surface area contributed by atoms with Crippen molar-refractivity contribution < 1.29 is 47.4 Å². The lowest BCUT2D eigenvalue weighted by molar-refractivity contribution is -0.141. The number of carboxylic acid groups (broad SMARTS) is 1. The topological polar surface area (TPSA) is 157 Å². The number of nitrogens with zero attached hydrogens (tertiary/aromatic N) is 3. The van der Waals surface area contributed by atoms with Crippen molar-refractivity contribution in [3.63, 3.8) is 0 Å². The fourth-order valence-corrected chi connectivity index (χ4v) is 9.66. The Morgan fingerprint density at radius 3 is 2.27 bits per heavy atom. The number of alkyl halides is 3. The average molecular weight is 814 g/mol. The van der Waals surface area contributed by atoms with Crippen LogP contribution in [-0.2, 0) is 35.6 Å². The second kappa shape index (κ2) is 14.5. The first-order valence-corrected chi connectivity index (χ1v) is 18.9. The molecule has 3 aromatic rings. The number of aromatic nitrogens is 1. The normalized spacial score (nSPS) is 25.9. The number of benzene rings is 2. The first kappa shape index (κ1) is 39.3. The van der Waals surface area contributed by atoms with Crippen molar-refractivity contribution in [3.05, 3.63) is 98.2 Å². The molecular formula is C40H37Cl2F3N4O7. The number of carbonyl (C=O) groups excluding carboxylic acids is 4. The lowest BCUT2D eigenvalue weighted by atomic mass is 9.49. The van der Waals surface area contributed by atoms with E-state index in [1.54, 1.807) is 50.2 Å². The van der Waals surface area contributed by atoms with Gasteiger partial charge in [-0.1, -0.05) is 65.5 Å². The van der Waals surface area contributed by atoms with Crippen molar-refractivity contribution in [1.29, 1.82) is 0 Å². The fourth-order valence-electron chi connectivity index (χ4n) is 9.32. The number of hydrogen-bond donors (Lipinski definition) is 3. The van der Waals surface area contributed by atoms with Crippen LogP contribution in [0.2, 0.25) is 10.0 Å². The van der Waals surface area contributed by atoms with E-state index in [9.17, 15) is 37.5 Å². The number of likely N-dealkylation sites (tertiary alicyclic amines) is 1. The van der Waals surface area contributed by atoms with Crippen LogP contribution in [-0.4, -0.2) is 61.2 Å². The van der Waals surface area contributed by atoms with Gasteiger partial charge in [-0.15, -0.1) is 0 Å². The van der Waals surface area contributed by atoms with E-state index in [1.807, 2.05) is 6.08 Å². The van der Waals surface area contributed by atoms with Crippen LogP contribution in [0.25, 0.3) is 0 Å². The zero-order chi connectivity index (χ0) is 40.4. The van der Waals surface area contributed by atoms with Crippen LogP contribution >= 0.6 is 23.2 Å². The van der Waals surface area contributed by atoms with E-state index >= 15 is 4.79 Å². The van der Waals surface area contributed by atoms with Gasteiger partial charge in [0, 0.05) is 30.1 Å². The summed E-state index contributed by atoms with van der Waals surface area (Å²) in [6.07, 6.45) is -0.927. The number of rotatable bonds is 10. The number of hydrazine groups is 1. The maximum atomic E-state index is 15.3. The Morgan fingerprint density at radius 2 is 1.64 bits per heavy atom. The Kier molecular flexibility index (Phi) is 10.2. The number of pyridine rings is 1. The first-order chi connectivity index (χ1) is 26.5. The van der Waals surface area contributed by atoms with Gasteiger partial charge in [0.2, 0.25) is 11.8 Å². The summed E-state index contributed by atoms with van der Waals surface area (Å²) < 4.78 is 40.4. The number of nitrogens with one attached hydrogen (secondary N) is 1. The third-order valence-corrected chi connectivity index (χ3v) is 12.3. The van der Waals surface area contributed by atoms with E-state index in [1.165, 1.54) is 4.90 Å². The summed E-state index contributed by atoms with van der Waals surface area (Å²) in [5.41, 5.74) is 2.40. The minimum atomic E-state index is -4.76. The summed E-state index contributed by atoms with van der Waals surface area (Å²) in [6, 6.07) is 10.5. The Balaban J connectivity index is 1.36.